The molecule has 0 N–H and O–H groups in total. The Balaban J connectivity index is 1.33. The molecule has 2 aromatic rings. The van der Waals surface area contributed by atoms with E-state index in [0.29, 0.717) is 17.9 Å². The van der Waals surface area contributed by atoms with Gasteiger partial charge in [0.25, 0.3) is 5.91 Å². The van der Waals surface area contributed by atoms with E-state index in [2.05, 4.69) is 24.0 Å². The van der Waals surface area contributed by atoms with E-state index in [9.17, 15) is 4.79 Å². The van der Waals surface area contributed by atoms with Crippen molar-refractivity contribution in [1.29, 1.82) is 0 Å². The van der Waals surface area contributed by atoms with Gasteiger partial charge in [0.15, 0.2) is 0 Å². The lowest BCUT2D eigenvalue weighted by molar-refractivity contribution is 0.00256. The fourth-order valence-electron chi connectivity index (χ4n) is 5.38. The van der Waals surface area contributed by atoms with Gasteiger partial charge in [0.2, 0.25) is 0 Å². The van der Waals surface area contributed by atoms with Gasteiger partial charge in [-0.05, 0) is 51.2 Å². The molecule has 0 aliphatic carbocycles. The Morgan fingerprint density at radius 3 is 2.85 bits per heavy atom. The SMILES string of the molecule is CN(C)C[C@H]1[C@@H]2CC[C@@]3(CN(C(=O)c4ccc(-n5ccnc5)cc4)C[C@@H]13)O2. The predicted octanol–water partition coefficient (Wildman–Crippen LogP) is 2.05. The first-order valence-corrected chi connectivity index (χ1v) is 9.76. The zero-order valence-corrected chi connectivity index (χ0v) is 15.9. The van der Waals surface area contributed by atoms with Crippen molar-refractivity contribution in [2.24, 2.45) is 11.8 Å². The summed E-state index contributed by atoms with van der Waals surface area (Å²) in [5, 5.41) is 0. The van der Waals surface area contributed by atoms with Gasteiger partial charge in [0.05, 0.1) is 24.6 Å². The van der Waals surface area contributed by atoms with Crippen molar-refractivity contribution in [2.45, 2.75) is 24.5 Å². The quantitative estimate of drug-likeness (QED) is 0.831. The summed E-state index contributed by atoms with van der Waals surface area (Å²) >= 11 is 0. The number of hydrogen-bond acceptors (Lipinski definition) is 4. The summed E-state index contributed by atoms with van der Waals surface area (Å²) in [6.07, 6.45) is 8.02. The van der Waals surface area contributed by atoms with Crippen molar-refractivity contribution in [3.63, 3.8) is 0 Å². The molecule has 1 amide bonds. The fraction of sp³-hybridized carbons (Fsp3) is 0.524. The fourth-order valence-corrected chi connectivity index (χ4v) is 5.38. The maximum Gasteiger partial charge on any atom is 0.253 e. The number of carbonyl (C=O) groups excluding carboxylic acids is 1. The van der Waals surface area contributed by atoms with Crippen LogP contribution in [0.4, 0.5) is 0 Å². The van der Waals surface area contributed by atoms with Crippen LogP contribution in [0.15, 0.2) is 43.0 Å². The summed E-state index contributed by atoms with van der Waals surface area (Å²) in [4.78, 5) is 21.5. The number of aromatic nitrogens is 2. The van der Waals surface area contributed by atoms with Crippen LogP contribution in [0, 0.1) is 11.8 Å². The molecule has 0 saturated carbocycles. The van der Waals surface area contributed by atoms with Crippen molar-refractivity contribution >= 4 is 5.91 Å². The first-order chi connectivity index (χ1) is 13.1. The number of carbonyl (C=O) groups is 1. The summed E-state index contributed by atoms with van der Waals surface area (Å²) in [5.41, 5.74) is 1.65. The van der Waals surface area contributed by atoms with Gasteiger partial charge in [-0.1, -0.05) is 0 Å². The van der Waals surface area contributed by atoms with Crippen LogP contribution in [-0.2, 0) is 4.74 Å². The average Bonchev–Trinajstić information content (AvgIpc) is 3.43. The first kappa shape index (κ1) is 17.0. The molecular weight excluding hydrogens is 340 g/mol. The van der Waals surface area contributed by atoms with Crippen molar-refractivity contribution in [3.05, 3.63) is 48.5 Å². The number of benzene rings is 1. The number of ether oxygens (including phenoxy) is 1. The molecule has 0 unspecified atom stereocenters. The molecule has 2 bridgehead atoms. The van der Waals surface area contributed by atoms with Gasteiger partial charge in [0.1, 0.15) is 0 Å². The van der Waals surface area contributed by atoms with E-state index in [-0.39, 0.29) is 11.5 Å². The Hall–Kier alpha value is -2.18. The van der Waals surface area contributed by atoms with Crippen LogP contribution >= 0.6 is 0 Å². The third-order valence-electron chi connectivity index (χ3n) is 6.56. The van der Waals surface area contributed by atoms with Crippen LogP contribution in [-0.4, -0.2) is 70.7 Å². The first-order valence-electron chi connectivity index (χ1n) is 9.76. The van der Waals surface area contributed by atoms with E-state index in [1.807, 2.05) is 39.9 Å². The van der Waals surface area contributed by atoms with Crippen LogP contribution in [0.1, 0.15) is 23.2 Å². The van der Waals surface area contributed by atoms with Crippen LogP contribution in [0.25, 0.3) is 5.69 Å². The van der Waals surface area contributed by atoms with Crippen LogP contribution < -0.4 is 0 Å². The van der Waals surface area contributed by atoms with Crippen LogP contribution in [0.2, 0.25) is 0 Å². The smallest absolute Gasteiger partial charge is 0.253 e. The van der Waals surface area contributed by atoms with Crippen LogP contribution in [0.3, 0.4) is 0 Å². The Morgan fingerprint density at radius 1 is 1.33 bits per heavy atom. The molecule has 5 rings (SSSR count). The molecule has 3 fully saturated rings. The molecule has 1 aromatic heterocycles. The van der Waals surface area contributed by atoms with Gasteiger partial charge in [0, 0.05) is 48.6 Å². The molecule has 1 spiro atoms. The molecule has 4 heterocycles. The van der Waals surface area contributed by atoms with Gasteiger partial charge >= 0.3 is 0 Å². The van der Waals surface area contributed by atoms with Gasteiger partial charge in [-0.25, -0.2) is 4.98 Å². The van der Waals surface area contributed by atoms with Gasteiger partial charge < -0.3 is 19.1 Å². The second-order valence-electron chi connectivity index (χ2n) is 8.49. The molecule has 142 valence electrons. The van der Waals surface area contributed by atoms with Gasteiger partial charge in [-0.15, -0.1) is 0 Å². The molecule has 6 heteroatoms. The van der Waals surface area contributed by atoms with Gasteiger partial charge in [-0.2, -0.15) is 0 Å². The molecule has 27 heavy (non-hydrogen) atoms. The van der Waals surface area contributed by atoms with E-state index < -0.39 is 0 Å². The van der Waals surface area contributed by atoms with Crippen molar-refractivity contribution < 1.29 is 9.53 Å². The molecule has 0 radical (unpaired) electrons. The van der Waals surface area contributed by atoms with E-state index in [4.69, 9.17) is 4.74 Å². The highest BCUT2D eigenvalue weighted by Gasteiger charge is 2.63. The second kappa shape index (κ2) is 6.17. The van der Waals surface area contributed by atoms with E-state index in [1.165, 1.54) is 0 Å². The topological polar surface area (TPSA) is 50.6 Å². The zero-order chi connectivity index (χ0) is 18.6. The number of hydrogen-bond donors (Lipinski definition) is 0. The Kier molecular flexibility index (Phi) is 3.88. The number of imidazole rings is 1. The number of amides is 1. The Bertz CT molecular complexity index is 832. The van der Waals surface area contributed by atoms with E-state index in [1.54, 1.807) is 12.5 Å². The molecule has 4 atom stereocenters. The highest BCUT2D eigenvalue weighted by molar-refractivity contribution is 5.94. The summed E-state index contributed by atoms with van der Waals surface area (Å²) in [6.45, 7) is 2.59. The highest BCUT2D eigenvalue weighted by Crippen LogP contribution is 2.55. The molecule has 6 nitrogen and oxygen atoms in total. The zero-order valence-electron chi connectivity index (χ0n) is 15.9. The number of fused-ring (bicyclic) bond motifs is 1. The number of rotatable bonds is 4. The van der Waals surface area contributed by atoms with E-state index >= 15 is 0 Å². The van der Waals surface area contributed by atoms with Gasteiger partial charge in [-0.3, -0.25) is 4.79 Å². The monoisotopic (exact) mass is 366 g/mol. The Labute approximate surface area is 159 Å². The predicted molar refractivity (Wildman–Crippen MR) is 102 cm³/mol. The average molecular weight is 366 g/mol. The largest absolute Gasteiger partial charge is 0.369 e. The normalized spacial score (nSPS) is 31.7. The molecule has 1 aromatic carbocycles. The second-order valence-corrected chi connectivity index (χ2v) is 8.49. The van der Waals surface area contributed by atoms with Crippen LogP contribution in [0.5, 0.6) is 0 Å². The number of likely N-dealkylation sites (tertiary alicyclic amines) is 1. The standard InChI is InChI=1S/C21H26N4O2/c1-23(2)11-17-18-12-25(13-21(18)8-7-19(17)27-21)20(26)15-3-5-16(6-4-15)24-10-9-22-14-24/h3-6,9-10,14,17-19H,7-8,11-13H2,1-2H3/t17-,18+,19+,21+/m1/s1. The minimum absolute atomic E-state index is 0.0995. The maximum absolute atomic E-state index is 13.1. The summed E-state index contributed by atoms with van der Waals surface area (Å²) in [7, 11) is 4.25. The summed E-state index contributed by atoms with van der Waals surface area (Å²) < 4.78 is 8.39. The summed E-state index contributed by atoms with van der Waals surface area (Å²) in [5.74, 6) is 1.12. The Morgan fingerprint density at radius 2 is 2.15 bits per heavy atom. The lowest BCUT2D eigenvalue weighted by Gasteiger charge is -2.30. The summed E-state index contributed by atoms with van der Waals surface area (Å²) in [6, 6.07) is 7.78. The highest BCUT2D eigenvalue weighted by atomic mass is 16.5. The molecular formula is C21H26N4O2. The van der Waals surface area contributed by atoms with Crippen molar-refractivity contribution in [2.75, 3.05) is 33.7 Å². The molecule has 3 saturated heterocycles. The maximum atomic E-state index is 13.1. The minimum atomic E-state index is -0.0995. The lowest BCUT2D eigenvalue weighted by atomic mass is 9.73. The third kappa shape index (κ3) is 2.70. The molecule has 3 aliphatic heterocycles. The third-order valence-corrected chi connectivity index (χ3v) is 6.56. The van der Waals surface area contributed by atoms with Crippen molar-refractivity contribution in [1.82, 2.24) is 19.4 Å². The minimum Gasteiger partial charge on any atom is -0.369 e. The lowest BCUT2D eigenvalue weighted by Crippen LogP contribution is -2.40. The van der Waals surface area contributed by atoms with E-state index in [0.717, 1.165) is 43.7 Å². The van der Waals surface area contributed by atoms with Crippen molar-refractivity contribution in [3.8, 4) is 5.69 Å². The number of nitrogens with zero attached hydrogens (tertiary/aromatic N) is 4. The molecule has 3 aliphatic rings.